The van der Waals surface area contributed by atoms with Crippen LogP contribution in [0.3, 0.4) is 0 Å². The van der Waals surface area contributed by atoms with E-state index in [1.807, 2.05) is 0 Å². The Morgan fingerprint density at radius 1 is 1.18 bits per heavy atom. The number of pyridine rings is 2. The number of alkyl halides is 3. The van der Waals surface area contributed by atoms with E-state index in [9.17, 15) is 23.1 Å². The fourth-order valence-corrected chi connectivity index (χ4v) is 5.65. The van der Waals surface area contributed by atoms with Gasteiger partial charge in [0.25, 0.3) is 0 Å². The Bertz CT molecular complexity index is 1210. The summed E-state index contributed by atoms with van der Waals surface area (Å²) in [6.07, 6.45) is -0.941. The molecule has 0 bridgehead atoms. The third kappa shape index (κ3) is 4.61. The van der Waals surface area contributed by atoms with Crippen molar-refractivity contribution in [2.45, 2.75) is 71.3 Å². The van der Waals surface area contributed by atoms with Crippen molar-refractivity contribution in [2.75, 3.05) is 0 Å². The van der Waals surface area contributed by atoms with E-state index in [1.165, 1.54) is 17.1 Å². The van der Waals surface area contributed by atoms with Crippen molar-refractivity contribution in [1.29, 1.82) is 0 Å². The van der Waals surface area contributed by atoms with Crippen LogP contribution in [0.1, 0.15) is 67.1 Å². The van der Waals surface area contributed by atoms with E-state index in [1.54, 1.807) is 39.0 Å². The molecule has 1 N–H and O–H groups in total. The van der Waals surface area contributed by atoms with Crippen LogP contribution >= 0.6 is 11.3 Å². The molecule has 3 aromatic heterocycles. The Morgan fingerprint density at radius 3 is 2.45 bits per heavy atom. The average Bonchev–Trinajstić information content (AvgIpc) is 3.07. The van der Waals surface area contributed by atoms with Gasteiger partial charge < -0.3 is 9.84 Å². The number of carboxylic acids is 1. The first-order valence-corrected chi connectivity index (χ1v) is 11.6. The summed E-state index contributed by atoms with van der Waals surface area (Å²) >= 11 is 1.57. The zero-order chi connectivity index (χ0) is 24.1. The first-order chi connectivity index (χ1) is 15.4. The van der Waals surface area contributed by atoms with Gasteiger partial charge in [-0.3, -0.25) is 4.98 Å². The summed E-state index contributed by atoms with van der Waals surface area (Å²) < 4.78 is 45.4. The molecule has 176 valence electrons. The molecule has 0 amide bonds. The number of ether oxygens (including phenoxy) is 1. The van der Waals surface area contributed by atoms with Gasteiger partial charge in [-0.15, -0.1) is 11.3 Å². The number of aliphatic carboxylic acids is 1. The number of hydrogen-bond donors (Lipinski definition) is 1. The summed E-state index contributed by atoms with van der Waals surface area (Å²) in [5.41, 5.74) is 1.14. The fraction of sp³-hybridized carbons (Fsp3) is 0.458. The molecule has 33 heavy (non-hydrogen) atoms. The Kier molecular flexibility index (Phi) is 5.99. The Balaban J connectivity index is 2.05. The van der Waals surface area contributed by atoms with Crippen LogP contribution in [0.5, 0.6) is 0 Å². The van der Waals surface area contributed by atoms with E-state index in [0.717, 1.165) is 47.5 Å². The van der Waals surface area contributed by atoms with Gasteiger partial charge in [-0.1, -0.05) is 6.07 Å². The molecule has 0 spiro atoms. The second-order valence-electron chi connectivity index (χ2n) is 9.26. The molecule has 1 aliphatic rings. The lowest BCUT2D eigenvalue weighted by atomic mass is 9.88. The molecule has 3 heterocycles. The van der Waals surface area contributed by atoms with Crippen LogP contribution in [0.4, 0.5) is 13.2 Å². The van der Waals surface area contributed by atoms with Gasteiger partial charge in [0, 0.05) is 38.8 Å². The standard InChI is InChI=1S/C24H25F3N2O3S/c1-12-17(20(22(30)31)32-23(2,3)4)18(13-9-10-16(28-11-13)24(25,26)27)19-14-7-5-6-8-15(14)33-21(19)29-12/h9-11,20H,5-8H2,1-4H3,(H,30,31). The molecule has 5 nitrogen and oxygen atoms in total. The number of thiophene rings is 1. The summed E-state index contributed by atoms with van der Waals surface area (Å²) in [4.78, 5) is 22.7. The lowest BCUT2D eigenvalue weighted by Gasteiger charge is -2.28. The number of halogens is 3. The van der Waals surface area contributed by atoms with Crippen LogP contribution < -0.4 is 0 Å². The SMILES string of the molecule is Cc1nc2sc3c(c2c(-c2ccc(C(F)(F)F)nc2)c1C(OC(C)(C)C)C(=O)O)CCCC3. The molecule has 1 atom stereocenters. The normalized spacial score (nSPS) is 15.5. The number of hydrogen-bond acceptors (Lipinski definition) is 5. The topological polar surface area (TPSA) is 72.3 Å². The summed E-state index contributed by atoms with van der Waals surface area (Å²) in [6, 6.07) is 2.29. The van der Waals surface area contributed by atoms with Crippen LogP contribution in [0.15, 0.2) is 18.3 Å². The van der Waals surface area contributed by atoms with Crippen molar-refractivity contribution >= 4 is 27.5 Å². The molecule has 4 rings (SSSR count). The van der Waals surface area contributed by atoms with Gasteiger partial charge in [0.05, 0.1) is 5.60 Å². The maximum Gasteiger partial charge on any atom is 0.433 e. The van der Waals surface area contributed by atoms with Crippen LogP contribution in [0, 0.1) is 6.92 Å². The van der Waals surface area contributed by atoms with E-state index in [-0.39, 0.29) is 0 Å². The minimum Gasteiger partial charge on any atom is -0.479 e. The van der Waals surface area contributed by atoms with Crippen molar-refractivity contribution < 1.29 is 27.8 Å². The Labute approximate surface area is 193 Å². The zero-order valence-electron chi connectivity index (χ0n) is 18.8. The summed E-state index contributed by atoms with van der Waals surface area (Å²) in [7, 11) is 0. The van der Waals surface area contributed by atoms with Crippen LogP contribution in [0.25, 0.3) is 21.3 Å². The highest BCUT2D eigenvalue weighted by atomic mass is 32.1. The molecular weight excluding hydrogens is 453 g/mol. The number of aromatic nitrogens is 2. The highest BCUT2D eigenvalue weighted by Gasteiger charge is 2.35. The number of carboxylic acid groups (broad SMARTS) is 1. The summed E-state index contributed by atoms with van der Waals surface area (Å²) in [6.45, 7) is 7.00. The number of fused-ring (bicyclic) bond motifs is 3. The maximum absolute atomic E-state index is 13.1. The molecule has 9 heteroatoms. The van der Waals surface area contributed by atoms with Gasteiger partial charge >= 0.3 is 12.1 Å². The highest BCUT2D eigenvalue weighted by molar-refractivity contribution is 7.19. The van der Waals surface area contributed by atoms with Crippen molar-refractivity contribution in [1.82, 2.24) is 9.97 Å². The summed E-state index contributed by atoms with van der Waals surface area (Å²) in [5, 5.41) is 10.9. The maximum atomic E-state index is 13.1. The minimum atomic E-state index is -4.56. The van der Waals surface area contributed by atoms with Crippen LogP contribution in [-0.2, 0) is 28.5 Å². The van der Waals surface area contributed by atoms with E-state index in [4.69, 9.17) is 9.72 Å². The third-order valence-corrected chi connectivity index (χ3v) is 6.82. The predicted octanol–water partition coefficient (Wildman–Crippen LogP) is 6.51. The lowest BCUT2D eigenvalue weighted by Crippen LogP contribution is -2.28. The van der Waals surface area contributed by atoms with Gasteiger partial charge in [0.1, 0.15) is 10.5 Å². The van der Waals surface area contributed by atoms with Gasteiger partial charge in [-0.05, 0) is 65.0 Å². The number of rotatable bonds is 4. The Hall–Kier alpha value is -2.52. The summed E-state index contributed by atoms with van der Waals surface area (Å²) in [5.74, 6) is -1.18. The fourth-order valence-electron chi connectivity index (χ4n) is 4.33. The molecule has 3 aromatic rings. The lowest BCUT2D eigenvalue weighted by molar-refractivity contribution is -0.160. The molecule has 0 fully saturated rings. The van der Waals surface area contributed by atoms with Crippen LogP contribution in [-0.4, -0.2) is 26.6 Å². The molecule has 0 aliphatic heterocycles. The van der Waals surface area contributed by atoms with Gasteiger partial charge in [0.15, 0.2) is 6.10 Å². The quantitative estimate of drug-likeness (QED) is 0.463. The van der Waals surface area contributed by atoms with E-state index in [2.05, 4.69) is 4.98 Å². The number of nitrogens with zero attached hydrogens (tertiary/aromatic N) is 2. The van der Waals surface area contributed by atoms with Crippen molar-refractivity contribution in [3.63, 3.8) is 0 Å². The monoisotopic (exact) mass is 478 g/mol. The molecule has 0 aromatic carbocycles. The minimum absolute atomic E-state index is 0.359. The largest absolute Gasteiger partial charge is 0.479 e. The molecule has 1 unspecified atom stereocenters. The van der Waals surface area contributed by atoms with Gasteiger partial charge in [-0.25, -0.2) is 9.78 Å². The number of aryl methyl sites for hydroxylation is 3. The Morgan fingerprint density at radius 2 is 1.88 bits per heavy atom. The molecule has 0 saturated carbocycles. The van der Waals surface area contributed by atoms with Gasteiger partial charge in [-0.2, -0.15) is 13.2 Å². The van der Waals surface area contributed by atoms with E-state index >= 15 is 0 Å². The second-order valence-corrected chi connectivity index (χ2v) is 10.3. The third-order valence-electron chi connectivity index (χ3n) is 5.63. The zero-order valence-corrected chi connectivity index (χ0v) is 19.7. The van der Waals surface area contributed by atoms with Crippen molar-refractivity contribution in [3.05, 3.63) is 45.7 Å². The second kappa shape index (κ2) is 8.36. The number of carbonyl (C=O) groups is 1. The van der Waals surface area contributed by atoms with Crippen molar-refractivity contribution in [2.24, 2.45) is 0 Å². The van der Waals surface area contributed by atoms with Crippen LogP contribution in [0.2, 0.25) is 0 Å². The van der Waals surface area contributed by atoms with Crippen molar-refractivity contribution in [3.8, 4) is 11.1 Å². The predicted molar refractivity (Wildman–Crippen MR) is 120 cm³/mol. The first kappa shape index (κ1) is 23.6. The van der Waals surface area contributed by atoms with Gasteiger partial charge in [0.2, 0.25) is 0 Å². The molecule has 1 aliphatic carbocycles. The molecular formula is C24H25F3N2O3S. The van der Waals surface area contributed by atoms with E-state index in [0.29, 0.717) is 22.4 Å². The smallest absolute Gasteiger partial charge is 0.433 e. The van der Waals surface area contributed by atoms with E-state index < -0.39 is 29.5 Å². The highest BCUT2D eigenvalue weighted by Crippen LogP contribution is 2.45. The average molecular weight is 479 g/mol. The molecule has 0 radical (unpaired) electrons. The first-order valence-electron chi connectivity index (χ1n) is 10.8. The molecule has 0 saturated heterocycles.